The van der Waals surface area contributed by atoms with Crippen molar-refractivity contribution in [3.63, 3.8) is 0 Å². The lowest BCUT2D eigenvalue weighted by Gasteiger charge is -2.25. The highest BCUT2D eigenvalue weighted by molar-refractivity contribution is 5.94. The number of nitrogens with one attached hydrogen (secondary N) is 3. The third-order valence-corrected chi connectivity index (χ3v) is 4.36. The van der Waals surface area contributed by atoms with Crippen LogP contribution in [0.4, 0.5) is 0 Å². The van der Waals surface area contributed by atoms with Gasteiger partial charge >= 0.3 is 5.97 Å². The van der Waals surface area contributed by atoms with E-state index in [0.717, 1.165) is 0 Å². The van der Waals surface area contributed by atoms with Crippen molar-refractivity contribution in [3.8, 4) is 0 Å². The van der Waals surface area contributed by atoms with Crippen LogP contribution in [0.5, 0.6) is 0 Å². The van der Waals surface area contributed by atoms with Gasteiger partial charge in [-0.3, -0.25) is 19.2 Å². The standard InChI is InChI=1S/C19H35N5O6/c1-9(2)8-13(18(28)24-15(10(3)4)19(29)30)23-16(26)11(5)22-17(27)12(20)6-7-14(21)25/h9-13,15H,6-8,20H2,1-5H3,(H2,21,25)(H,22,27)(H,23,26)(H,24,28)(H,29,30). The Morgan fingerprint density at radius 2 is 1.43 bits per heavy atom. The highest BCUT2D eigenvalue weighted by Gasteiger charge is 2.30. The van der Waals surface area contributed by atoms with Gasteiger partial charge < -0.3 is 32.5 Å². The van der Waals surface area contributed by atoms with Gasteiger partial charge in [0.1, 0.15) is 18.1 Å². The fourth-order valence-electron chi connectivity index (χ4n) is 2.58. The molecule has 11 heteroatoms. The van der Waals surface area contributed by atoms with E-state index in [2.05, 4.69) is 16.0 Å². The number of hydrogen-bond acceptors (Lipinski definition) is 6. The van der Waals surface area contributed by atoms with Crippen molar-refractivity contribution in [1.82, 2.24) is 16.0 Å². The van der Waals surface area contributed by atoms with Crippen LogP contribution >= 0.6 is 0 Å². The van der Waals surface area contributed by atoms with E-state index in [9.17, 15) is 29.1 Å². The second-order valence-corrected chi connectivity index (χ2v) is 8.10. The Balaban J connectivity index is 5.04. The topological polar surface area (TPSA) is 194 Å². The van der Waals surface area contributed by atoms with Crippen molar-refractivity contribution in [2.45, 2.75) is 78.0 Å². The van der Waals surface area contributed by atoms with Gasteiger partial charge in [-0.25, -0.2) is 4.79 Å². The van der Waals surface area contributed by atoms with E-state index >= 15 is 0 Å². The molecule has 4 unspecified atom stereocenters. The van der Waals surface area contributed by atoms with Crippen LogP contribution in [0.1, 0.15) is 53.9 Å². The molecule has 0 aromatic heterocycles. The normalized spacial score (nSPS) is 15.1. The molecule has 172 valence electrons. The van der Waals surface area contributed by atoms with E-state index in [-0.39, 0.29) is 31.1 Å². The zero-order valence-corrected chi connectivity index (χ0v) is 18.2. The fraction of sp³-hybridized carbons (Fsp3) is 0.737. The van der Waals surface area contributed by atoms with Crippen LogP contribution in [0.3, 0.4) is 0 Å². The van der Waals surface area contributed by atoms with E-state index in [1.807, 2.05) is 13.8 Å². The first-order valence-electron chi connectivity index (χ1n) is 9.94. The Kier molecular flexibility index (Phi) is 11.6. The summed E-state index contributed by atoms with van der Waals surface area (Å²) in [5.41, 5.74) is 10.7. The maximum atomic E-state index is 12.6. The summed E-state index contributed by atoms with van der Waals surface area (Å²) in [7, 11) is 0. The van der Waals surface area contributed by atoms with Crippen LogP contribution in [-0.2, 0) is 24.0 Å². The summed E-state index contributed by atoms with van der Waals surface area (Å²) in [5, 5.41) is 16.7. The number of rotatable bonds is 13. The van der Waals surface area contributed by atoms with Crippen molar-refractivity contribution in [1.29, 1.82) is 0 Å². The Labute approximate surface area is 176 Å². The Hall–Kier alpha value is -2.69. The van der Waals surface area contributed by atoms with E-state index in [1.54, 1.807) is 13.8 Å². The maximum Gasteiger partial charge on any atom is 0.326 e. The molecule has 0 rings (SSSR count). The zero-order chi connectivity index (χ0) is 23.6. The average Bonchev–Trinajstić information content (AvgIpc) is 2.61. The number of amides is 4. The molecule has 0 bridgehead atoms. The molecule has 0 aliphatic carbocycles. The number of carboxylic acids is 1. The summed E-state index contributed by atoms with van der Waals surface area (Å²) < 4.78 is 0. The summed E-state index contributed by atoms with van der Waals surface area (Å²) in [5.74, 6) is -3.93. The molecular weight excluding hydrogens is 394 g/mol. The summed E-state index contributed by atoms with van der Waals surface area (Å²) in [6.45, 7) is 8.45. The molecule has 0 heterocycles. The van der Waals surface area contributed by atoms with Gasteiger partial charge in [-0.1, -0.05) is 27.7 Å². The third-order valence-electron chi connectivity index (χ3n) is 4.36. The van der Waals surface area contributed by atoms with Crippen molar-refractivity contribution in [2.75, 3.05) is 0 Å². The number of nitrogens with two attached hydrogens (primary N) is 2. The summed E-state index contributed by atoms with van der Waals surface area (Å²) in [6, 6.07) is -4.07. The molecule has 11 nitrogen and oxygen atoms in total. The van der Waals surface area contributed by atoms with E-state index < -0.39 is 53.8 Å². The Bertz CT molecular complexity index is 637. The van der Waals surface area contributed by atoms with E-state index in [4.69, 9.17) is 11.5 Å². The molecule has 4 atom stereocenters. The van der Waals surface area contributed by atoms with Crippen LogP contribution in [0.15, 0.2) is 0 Å². The smallest absolute Gasteiger partial charge is 0.326 e. The second kappa shape index (κ2) is 12.8. The molecule has 0 saturated heterocycles. The number of carbonyl (C=O) groups is 5. The van der Waals surface area contributed by atoms with Gasteiger partial charge in [-0.15, -0.1) is 0 Å². The number of carbonyl (C=O) groups excluding carboxylic acids is 4. The first-order valence-corrected chi connectivity index (χ1v) is 9.94. The van der Waals surface area contributed by atoms with E-state index in [1.165, 1.54) is 6.92 Å². The number of hydrogen-bond donors (Lipinski definition) is 6. The molecule has 8 N–H and O–H groups in total. The minimum atomic E-state index is -1.17. The van der Waals surface area contributed by atoms with Crippen LogP contribution in [0.25, 0.3) is 0 Å². The maximum absolute atomic E-state index is 12.6. The average molecular weight is 430 g/mol. The van der Waals surface area contributed by atoms with Crippen molar-refractivity contribution >= 4 is 29.6 Å². The van der Waals surface area contributed by atoms with Gasteiger partial charge in [0.15, 0.2) is 0 Å². The minimum Gasteiger partial charge on any atom is -0.480 e. The largest absolute Gasteiger partial charge is 0.480 e. The molecule has 0 aliphatic rings. The van der Waals surface area contributed by atoms with Gasteiger partial charge in [-0.05, 0) is 31.6 Å². The summed E-state index contributed by atoms with van der Waals surface area (Å²) in [4.78, 5) is 59.3. The van der Waals surface area contributed by atoms with Crippen LogP contribution in [0, 0.1) is 11.8 Å². The predicted octanol–water partition coefficient (Wildman–Crippen LogP) is -1.16. The van der Waals surface area contributed by atoms with Crippen LogP contribution in [0.2, 0.25) is 0 Å². The minimum absolute atomic E-state index is 0.0375. The highest BCUT2D eigenvalue weighted by atomic mass is 16.4. The monoisotopic (exact) mass is 429 g/mol. The fourth-order valence-corrected chi connectivity index (χ4v) is 2.58. The summed E-state index contributed by atoms with van der Waals surface area (Å²) >= 11 is 0. The molecule has 0 radical (unpaired) electrons. The van der Waals surface area contributed by atoms with Gasteiger partial charge in [0.2, 0.25) is 23.6 Å². The molecule has 0 aromatic rings. The van der Waals surface area contributed by atoms with Crippen molar-refractivity contribution < 1.29 is 29.1 Å². The Morgan fingerprint density at radius 3 is 1.87 bits per heavy atom. The van der Waals surface area contributed by atoms with Gasteiger partial charge in [-0.2, -0.15) is 0 Å². The summed E-state index contributed by atoms with van der Waals surface area (Å²) in [6.07, 6.45) is 0.257. The van der Waals surface area contributed by atoms with Crippen molar-refractivity contribution in [2.24, 2.45) is 23.3 Å². The van der Waals surface area contributed by atoms with Crippen LogP contribution < -0.4 is 27.4 Å². The first-order chi connectivity index (χ1) is 13.8. The third kappa shape index (κ3) is 10.2. The molecular formula is C19H35N5O6. The van der Waals surface area contributed by atoms with Crippen molar-refractivity contribution in [3.05, 3.63) is 0 Å². The highest BCUT2D eigenvalue weighted by Crippen LogP contribution is 2.08. The number of primary amides is 1. The lowest BCUT2D eigenvalue weighted by molar-refractivity contribution is -0.143. The van der Waals surface area contributed by atoms with Crippen LogP contribution in [-0.4, -0.2) is 58.9 Å². The van der Waals surface area contributed by atoms with E-state index in [0.29, 0.717) is 0 Å². The predicted molar refractivity (Wildman–Crippen MR) is 110 cm³/mol. The lowest BCUT2D eigenvalue weighted by atomic mass is 10.00. The van der Waals surface area contributed by atoms with Gasteiger partial charge in [0.05, 0.1) is 6.04 Å². The molecule has 0 spiro atoms. The van der Waals surface area contributed by atoms with Gasteiger partial charge in [0, 0.05) is 6.42 Å². The molecule has 0 saturated carbocycles. The molecule has 4 amide bonds. The van der Waals surface area contributed by atoms with Gasteiger partial charge in [0.25, 0.3) is 0 Å². The molecule has 0 aromatic carbocycles. The zero-order valence-electron chi connectivity index (χ0n) is 18.2. The number of aliphatic carboxylic acids is 1. The number of carboxylic acid groups (broad SMARTS) is 1. The molecule has 0 fully saturated rings. The first kappa shape index (κ1) is 27.3. The second-order valence-electron chi connectivity index (χ2n) is 8.10. The SMILES string of the molecule is CC(C)CC(NC(=O)C(C)NC(=O)C(N)CCC(N)=O)C(=O)NC(C(=O)O)C(C)C. The Morgan fingerprint density at radius 1 is 0.867 bits per heavy atom. The molecule has 0 aliphatic heterocycles. The lowest BCUT2D eigenvalue weighted by Crippen LogP contribution is -2.57. The molecule has 30 heavy (non-hydrogen) atoms. The quantitative estimate of drug-likeness (QED) is 0.212.